The summed E-state index contributed by atoms with van der Waals surface area (Å²) < 4.78 is 28.9. The number of nitrogens with one attached hydrogen (secondary N) is 3. The van der Waals surface area contributed by atoms with Gasteiger partial charge in [0, 0.05) is 40.0 Å². The number of carbonyl (C=O) groups is 2. The van der Waals surface area contributed by atoms with Gasteiger partial charge in [0.25, 0.3) is 5.91 Å². The Hall–Kier alpha value is -3.60. The van der Waals surface area contributed by atoms with Gasteiger partial charge in [-0.2, -0.15) is 0 Å². The van der Waals surface area contributed by atoms with Crippen molar-refractivity contribution in [3.05, 3.63) is 88.9 Å². The third kappa shape index (κ3) is 6.59. The maximum Gasteiger partial charge on any atom is 0.280 e. The average Bonchev–Trinajstić information content (AvgIpc) is 3.38. The zero-order valence-corrected chi connectivity index (χ0v) is 22.3. The molecule has 1 aromatic heterocycles. The van der Waals surface area contributed by atoms with Gasteiger partial charge in [0.15, 0.2) is 5.01 Å². The highest BCUT2D eigenvalue weighted by molar-refractivity contribution is 7.89. The highest BCUT2D eigenvalue weighted by Crippen LogP contribution is 2.29. The first-order valence-corrected chi connectivity index (χ1v) is 14.0. The van der Waals surface area contributed by atoms with Crippen molar-refractivity contribution in [1.29, 1.82) is 0 Å². The minimum atomic E-state index is -3.81. The Bertz CT molecular complexity index is 1510. The molecule has 0 radical (unpaired) electrons. The van der Waals surface area contributed by atoms with Gasteiger partial charge in [-0.15, -0.1) is 11.3 Å². The van der Waals surface area contributed by atoms with Crippen molar-refractivity contribution in [2.75, 3.05) is 5.32 Å². The Morgan fingerprint density at radius 3 is 2.32 bits per heavy atom. The molecule has 0 fully saturated rings. The molecule has 37 heavy (non-hydrogen) atoms. The van der Waals surface area contributed by atoms with E-state index in [4.69, 9.17) is 0 Å². The van der Waals surface area contributed by atoms with Crippen molar-refractivity contribution >= 4 is 49.6 Å². The molecule has 3 aromatic carbocycles. The van der Waals surface area contributed by atoms with Gasteiger partial charge in [0.05, 0.1) is 4.90 Å². The van der Waals surface area contributed by atoms with Crippen LogP contribution in [0.15, 0.2) is 83.2 Å². The molecule has 0 aliphatic heterocycles. The number of anilines is 1. The molecule has 1 unspecified atom stereocenters. The number of thiazole rings is 1. The number of sulfonamides is 1. The number of aromatic nitrogens is 1. The lowest BCUT2D eigenvalue weighted by atomic mass is 10.0. The summed E-state index contributed by atoms with van der Waals surface area (Å²) in [6.45, 7) is 5.32. The van der Waals surface area contributed by atoms with E-state index in [1.807, 2.05) is 30.3 Å². The van der Waals surface area contributed by atoms with Crippen LogP contribution in [0.2, 0.25) is 0 Å². The summed E-state index contributed by atoms with van der Waals surface area (Å²) in [5.74, 6) is -0.868. The highest BCUT2D eigenvalue weighted by Gasteiger charge is 2.26. The van der Waals surface area contributed by atoms with Crippen LogP contribution in [-0.4, -0.2) is 36.8 Å². The molecule has 3 N–H and O–H groups in total. The summed E-state index contributed by atoms with van der Waals surface area (Å²) in [4.78, 5) is 30.3. The lowest BCUT2D eigenvalue weighted by Crippen LogP contribution is -2.45. The summed E-state index contributed by atoms with van der Waals surface area (Å²) in [5.41, 5.74) is 0.658. The van der Waals surface area contributed by atoms with E-state index in [1.54, 1.807) is 56.5 Å². The van der Waals surface area contributed by atoms with E-state index in [2.05, 4.69) is 20.3 Å². The van der Waals surface area contributed by atoms with Crippen molar-refractivity contribution in [2.45, 2.75) is 43.7 Å². The van der Waals surface area contributed by atoms with Crippen LogP contribution in [0.4, 0.5) is 5.69 Å². The van der Waals surface area contributed by atoms with E-state index >= 15 is 0 Å². The molecular formula is C27H28N4O4S2. The Labute approximate surface area is 220 Å². The predicted molar refractivity (Wildman–Crippen MR) is 146 cm³/mol. The second kappa shape index (κ2) is 10.8. The van der Waals surface area contributed by atoms with Crippen molar-refractivity contribution in [3.63, 3.8) is 0 Å². The first-order chi connectivity index (χ1) is 17.5. The summed E-state index contributed by atoms with van der Waals surface area (Å²) in [6.07, 6.45) is 1.80. The van der Waals surface area contributed by atoms with Crippen molar-refractivity contribution in [3.8, 4) is 0 Å². The van der Waals surface area contributed by atoms with Crippen LogP contribution in [0.25, 0.3) is 10.8 Å². The quantitative estimate of drug-likeness (QED) is 0.309. The molecule has 0 spiro atoms. The molecular weight excluding hydrogens is 508 g/mol. The van der Waals surface area contributed by atoms with Crippen LogP contribution < -0.4 is 15.4 Å². The summed E-state index contributed by atoms with van der Waals surface area (Å²) in [5, 5.41) is 8.68. The molecule has 1 atom stereocenters. The minimum Gasteiger partial charge on any atom is -0.338 e. The van der Waals surface area contributed by atoms with Gasteiger partial charge in [-0.3, -0.25) is 9.59 Å². The maximum atomic E-state index is 13.5. The number of fused-ring (bicyclic) bond motifs is 1. The first-order valence-electron chi connectivity index (χ1n) is 11.6. The number of benzene rings is 3. The molecule has 0 bridgehead atoms. The fourth-order valence-electron chi connectivity index (χ4n) is 3.92. The lowest BCUT2D eigenvalue weighted by molar-refractivity contribution is -0.118. The van der Waals surface area contributed by atoms with Crippen molar-refractivity contribution < 1.29 is 18.0 Å². The second-order valence-corrected chi connectivity index (χ2v) is 12.1. The Morgan fingerprint density at radius 2 is 1.65 bits per heavy atom. The van der Waals surface area contributed by atoms with Crippen LogP contribution >= 0.6 is 11.3 Å². The molecule has 4 rings (SSSR count). The third-order valence-electron chi connectivity index (χ3n) is 5.40. The molecule has 8 nitrogen and oxygen atoms in total. The zero-order chi connectivity index (χ0) is 26.6. The Balaban J connectivity index is 1.65. The molecule has 10 heteroatoms. The van der Waals surface area contributed by atoms with Crippen LogP contribution in [0.5, 0.6) is 0 Å². The number of hydrogen-bond acceptors (Lipinski definition) is 6. The van der Waals surface area contributed by atoms with Gasteiger partial charge >= 0.3 is 0 Å². The second-order valence-electron chi connectivity index (χ2n) is 9.55. The minimum absolute atomic E-state index is 0.119. The van der Waals surface area contributed by atoms with E-state index in [1.165, 1.54) is 23.6 Å². The number of carbonyl (C=O) groups excluding carboxylic acids is 2. The van der Waals surface area contributed by atoms with E-state index in [9.17, 15) is 18.0 Å². The first kappa shape index (κ1) is 26.5. The van der Waals surface area contributed by atoms with Crippen molar-refractivity contribution in [2.24, 2.45) is 0 Å². The SMILES string of the molecule is CC(C)(C)NS(=O)(=O)c1cccc2c(NC(=O)C(Cc3ccccc3)NC(=O)c3nccs3)cccc12. The standard InChI is InChI=1S/C27H28N4O4S2/c1-27(2,3)31-37(34,35)23-14-8-11-19-20(23)12-7-13-21(19)29-24(32)22(17-18-9-5-4-6-10-18)30-25(33)26-28-15-16-36-26/h4-16,22,31H,17H2,1-3H3,(H,29,32)(H,30,33). The fraction of sp³-hybridized carbons (Fsp3) is 0.222. The monoisotopic (exact) mass is 536 g/mol. The zero-order valence-electron chi connectivity index (χ0n) is 20.7. The number of rotatable bonds is 8. The molecule has 2 amide bonds. The topological polar surface area (TPSA) is 117 Å². The summed E-state index contributed by atoms with van der Waals surface area (Å²) >= 11 is 1.19. The van der Waals surface area contributed by atoms with Crippen LogP contribution in [0.3, 0.4) is 0 Å². The Kier molecular flexibility index (Phi) is 7.72. The van der Waals surface area contributed by atoms with Gasteiger partial charge in [0.2, 0.25) is 15.9 Å². The Morgan fingerprint density at radius 1 is 0.946 bits per heavy atom. The lowest BCUT2D eigenvalue weighted by Gasteiger charge is -2.22. The van der Waals surface area contributed by atoms with E-state index in [0.717, 1.165) is 5.56 Å². The van der Waals surface area contributed by atoms with E-state index in [0.29, 0.717) is 16.5 Å². The van der Waals surface area contributed by atoms with Crippen molar-refractivity contribution in [1.82, 2.24) is 15.0 Å². The number of hydrogen-bond donors (Lipinski definition) is 3. The maximum absolute atomic E-state index is 13.5. The van der Waals surface area contributed by atoms with E-state index < -0.39 is 33.4 Å². The fourth-order valence-corrected chi connectivity index (χ4v) is 6.10. The number of nitrogens with zero attached hydrogens (tertiary/aromatic N) is 1. The highest BCUT2D eigenvalue weighted by atomic mass is 32.2. The van der Waals surface area contributed by atoms with Gasteiger partial charge in [-0.25, -0.2) is 18.1 Å². The number of amides is 2. The van der Waals surface area contributed by atoms with Crippen LogP contribution in [0.1, 0.15) is 36.1 Å². The smallest absolute Gasteiger partial charge is 0.280 e. The summed E-state index contributed by atoms with van der Waals surface area (Å²) in [7, 11) is -3.81. The molecule has 4 aromatic rings. The summed E-state index contributed by atoms with van der Waals surface area (Å²) in [6, 6.07) is 18.5. The predicted octanol–water partition coefficient (Wildman–Crippen LogP) is 4.35. The van der Waals surface area contributed by atoms with Gasteiger partial charge in [-0.1, -0.05) is 54.6 Å². The molecule has 0 aliphatic rings. The molecule has 192 valence electrons. The van der Waals surface area contributed by atoms with Gasteiger partial charge in [0.1, 0.15) is 6.04 Å². The van der Waals surface area contributed by atoms with Crippen LogP contribution in [-0.2, 0) is 21.2 Å². The largest absolute Gasteiger partial charge is 0.338 e. The molecule has 0 aliphatic carbocycles. The van der Waals surface area contributed by atoms with Crippen LogP contribution in [0, 0.1) is 0 Å². The van der Waals surface area contributed by atoms with E-state index in [-0.39, 0.29) is 16.3 Å². The van der Waals surface area contributed by atoms with Gasteiger partial charge in [-0.05, 0) is 38.5 Å². The molecule has 0 saturated heterocycles. The average molecular weight is 537 g/mol. The molecule has 1 heterocycles. The normalized spacial score (nSPS) is 12.7. The third-order valence-corrected chi connectivity index (χ3v) is 7.99. The molecule has 0 saturated carbocycles. The van der Waals surface area contributed by atoms with Gasteiger partial charge < -0.3 is 10.6 Å².